The Kier molecular flexibility index (Phi) is 7.22. The molecule has 1 heterocycles. The van der Waals surface area contributed by atoms with Crippen molar-refractivity contribution >= 4 is 31.8 Å². The summed E-state index contributed by atoms with van der Waals surface area (Å²) in [6.45, 7) is 3.86. The Morgan fingerprint density at radius 1 is 0.806 bits per heavy atom. The van der Waals surface area contributed by atoms with Gasteiger partial charge in [0.2, 0.25) is 5.95 Å². The largest absolute Gasteiger partial charge is 0.381 e. The molecule has 0 radical (unpaired) electrons. The van der Waals surface area contributed by atoms with Gasteiger partial charge in [-0.3, -0.25) is 0 Å². The van der Waals surface area contributed by atoms with Gasteiger partial charge in [0.15, 0.2) is 0 Å². The smallest absolute Gasteiger partial charge is 0.339 e. The molecule has 0 saturated carbocycles. The van der Waals surface area contributed by atoms with Crippen molar-refractivity contribution in [3.05, 3.63) is 102 Å². The Hall–Kier alpha value is -3.96. The number of aryl methyl sites for hydroxylation is 2. The number of nitrogens with zero attached hydrogens (tertiary/aromatic N) is 2. The van der Waals surface area contributed by atoms with E-state index < -0.39 is 20.1 Å². The molecule has 0 bridgehead atoms. The van der Waals surface area contributed by atoms with E-state index in [2.05, 4.69) is 20.0 Å². The van der Waals surface area contributed by atoms with Gasteiger partial charge in [-0.05, 0) is 62.4 Å². The zero-order chi connectivity index (χ0) is 25.8. The number of nitrogens with one attached hydrogen (secondary N) is 2. The molecule has 0 fully saturated rings. The fourth-order valence-corrected chi connectivity index (χ4v) is 5.14. The number of hydrogen-bond donors (Lipinski definition) is 2. The van der Waals surface area contributed by atoms with Crippen LogP contribution in [0.4, 0.5) is 11.6 Å². The van der Waals surface area contributed by atoms with Crippen LogP contribution < -0.4 is 14.2 Å². The normalized spacial score (nSPS) is 11.6. The second-order valence-electron chi connectivity index (χ2n) is 7.96. The van der Waals surface area contributed by atoms with Gasteiger partial charge in [0.1, 0.15) is 10.6 Å². The van der Waals surface area contributed by atoms with Crippen LogP contribution in [-0.2, 0) is 26.7 Å². The first-order valence-electron chi connectivity index (χ1n) is 10.9. The molecule has 0 saturated heterocycles. The minimum atomic E-state index is -4.00. The predicted octanol–water partition coefficient (Wildman–Crippen LogP) is 4.27. The molecule has 0 atom stereocenters. The summed E-state index contributed by atoms with van der Waals surface area (Å²) >= 11 is 0. The average molecular weight is 525 g/mol. The quantitative estimate of drug-likeness (QED) is 0.311. The summed E-state index contributed by atoms with van der Waals surface area (Å²) < 4.78 is 58.4. The number of hydrogen-bond acceptors (Lipinski definition) is 8. The molecule has 4 rings (SSSR count). The highest BCUT2D eigenvalue weighted by atomic mass is 32.2. The Morgan fingerprint density at radius 2 is 1.47 bits per heavy atom. The molecule has 0 spiro atoms. The number of sulfonamides is 1. The van der Waals surface area contributed by atoms with Crippen LogP contribution in [0.1, 0.15) is 16.8 Å². The molecule has 0 amide bonds. The third-order valence-electron chi connectivity index (χ3n) is 5.15. The van der Waals surface area contributed by atoms with Gasteiger partial charge in [0.05, 0.1) is 4.90 Å². The van der Waals surface area contributed by atoms with Crippen molar-refractivity contribution in [3.63, 3.8) is 0 Å². The second kappa shape index (κ2) is 10.3. The van der Waals surface area contributed by atoms with Crippen molar-refractivity contribution in [2.24, 2.45) is 0 Å². The summed E-state index contributed by atoms with van der Waals surface area (Å²) in [5, 5.41) is 3.16. The van der Waals surface area contributed by atoms with Gasteiger partial charge in [-0.15, -0.1) is 0 Å². The van der Waals surface area contributed by atoms with Gasteiger partial charge < -0.3 is 9.50 Å². The number of para-hydroxylation sites is 1. The van der Waals surface area contributed by atoms with Crippen LogP contribution in [0, 0.1) is 13.8 Å². The summed E-state index contributed by atoms with van der Waals surface area (Å²) in [5.74, 6) is 0.196. The monoisotopic (exact) mass is 524 g/mol. The minimum absolute atomic E-state index is 0.00519. The molecule has 3 aromatic carbocycles. The van der Waals surface area contributed by atoms with E-state index >= 15 is 0 Å². The van der Waals surface area contributed by atoms with Crippen LogP contribution in [0.5, 0.6) is 5.75 Å². The van der Waals surface area contributed by atoms with Gasteiger partial charge in [-0.2, -0.15) is 8.42 Å². The molecule has 0 aliphatic carbocycles. The van der Waals surface area contributed by atoms with Gasteiger partial charge in [-0.25, -0.2) is 23.1 Å². The van der Waals surface area contributed by atoms with Crippen molar-refractivity contribution in [2.75, 3.05) is 10.0 Å². The fourth-order valence-electron chi connectivity index (χ4n) is 3.23. The van der Waals surface area contributed by atoms with E-state index in [1.54, 1.807) is 61.5 Å². The second-order valence-corrected chi connectivity index (χ2v) is 11.2. The first kappa shape index (κ1) is 25.1. The highest BCUT2D eigenvalue weighted by Gasteiger charge is 2.19. The van der Waals surface area contributed by atoms with Gasteiger partial charge in [-0.1, -0.05) is 35.9 Å². The van der Waals surface area contributed by atoms with E-state index in [9.17, 15) is 16.8 Å². The Labute approximate surface area is 210 Å². The first-order valence-corrected chi connectivity index (χ1v) is 13.8. The molecule has 0 aliphatic heterocycles. The lowest BCUT2D eigenvalue weighted by Gasteiger charge is -2.13. The van der Waals surface area contributed by atoms with Crippen LogP contribution in [0.3, 0.4) is 0 Å². The van der Waals surface area contributed by atoms with E-state index in [0.717, 1.165) is 5.56 Å². The van der Waals surface area contributed by atoms with Gasteiger partial charge in [0.25, 0.3) is 10.0 Å². The standard InChI is InChI=1S/C25H24N4O5S2/c1-18-7-11-23(12-8-18)36(32,33)34-24-6-4-3-5-20(24)17-27-21-9-13-22(14-10-21)35(30,31)29-25-26-16-15-19(2)28-25/h3-16,27H,17H2,1-2H3,(H,26,28,29). The van der Waals surface area contributed by atoms with E-state index in [1.165, 1.54) is 30.5 Å². The highest BCUT2D eigenvalue weighted by molar-refractivity contribution is 7.92. The third-order valence-corrected chi connectivity index (χ3v) is 7.74. The molecular weight excluding hydrogens is 500 g/mol. The zero-order valence-electron chi connectivity index (χ0n) is 19.5. The molecule has 186 valence electrons. The lowest BCUT2D eigenvalue weighted by Crippen LogP contribution is -2.15. The van der Waals surface area contributed by atoms with Gasteiger partial charge >= 0.3 is 10.1 Å². The van der Waals surface area contributed by atoms with Crippen molar-refractivity contribution in [1.82, 2.24) is 9.97 Å². The SMILES string of the molecule is Cc1ccc(S(=O)(=O)Oc2ccccc2CNc2ccc(S(=O)(=O)Nc3nccc(C)n3)cc2)cc1. The van der Waals surface area contributed by atoms with Crippen LogP contribution in [-0.4, -0.2) is 26.8 Å². The number of rotatable bonds is 9. The molecule has 11 heteroatoms. The van der Waals surface area contributed by atoms with Crippen LogP contribution in [0.25, 0.3) is 0 Å². The number of anilines is 2. The lowest BCUT2D eigenvalue weighted by molar-refractivity contribution is 0.483. The minimum Gasteiger partial charge on any atom is -0.381 e. The fraction of sp³-hybridized carbons (Fsp3) is 0.120. The summed E-state index contributed by atoms with van der Waals surface area (Å²) in [6, 6.07) is 21.0. The summed E-state index contributed by atoms with van der Waals surface area (Å²) in [5.41, 5.74) is 2.83. The maximum Gasteiger partial charge on any atom is 0.339 e. The van der Waals surface area contributed by atoms with E-state index in [4.69, 9.17) is 4.18 Å². The van der Waals surface area contributed by atoms with Crippen molar-refractivity contribution in [2.45, 2.75) is 30.2 Å². The van der Waals surface area contributed by atoms with Crippen molar-refractivity contribution in [3.8, 4) is 5.75 Å². The van der Waals surface area contributed by atoms with Gasteiger partial charge in [0, 0.05) is 29.7 Å². The summed E-state index contributed by atoms with van der Waals surface area (Å²) in [7, 11) is -7.86. The van der Waals surface area contributed by atoms with Crippen molar-refractivity contribution in [1.29, 1.82) is 0 Å². The summed E-state index contributed by atoms with van der Waals surface area (Å²) in [4.78, 5) is 8.09. The highest BCUT2D eigenvalue weighted by Crippen LogP contribution is 2.25. The van der Waals surface area contributed by atoms with E-state index in [0.29, 0.717) is 16.9 Å². The molecule has 36 heavy (non-hydrogen) atoms. The Balaban J connectivity index is 1.44. The Bertz CT molecular complexity index is 1570. The maximum absolute atomic E-state index is 12.7. The number of aromatic nitrogens is 2. The maximum atomic E-state index is 12.7. The molecule has 9 nitrogen and oxygen atoms in total. The van der Waals surface area contributed by atoms with Crippen LogP contribution in [0.15, 0.2) is 94.9 Å². The summed E-state index contributed by atoms with van der Waals surface area (Å²) in [6.07, 6.45) is 1.47. The molecular formula is C25H24N4O5S2. The predicted molar refractivity (Wildman–Crippen MR) is 137 cm³/mol. The van der Waals surface area contributed by atoms with Crippen molar-refractivity contribution < 1.29 is 21.0 Å². The lowest BCUT2D eigenvalue weighted by atomic mass is 10.2. The molecule has 0 aliphatic rings. The molecule has 1 aromatic heterocycles. The topological polar surface area (TPSA) is 127 Å². The van der Waals surface area contributed by atoms with E-state index in [-0.39, 0.29) is 28.0 Å². The van der Waals surface area contributed by atoms with E-state index in [1.807, 2.05) is 6.92 Å². The molecule has 4 aromatic rings. The molecule has 2 N–H and O–H groups in total. The Morgan fingerprint density at radius 3 is 2.17 bits per heavy atom. The zero-order valence-corrected chi connectivity index (χ0v) is 21.2. The third kappa shape index (κ3) is 6.18. The number of benzene rings is 3. The first-order chi connectivity index (χ1) is 17.1. The molecule has 0 unspecified atom stereocenters. The van der Waals surface area contributed by atoms with Crippen LogP contribution in [0.2, 0.25) is 0 Å². The van der Waals surface area contributed by atoms with Crippen LogP contribution >= 0.6 is 0 Å². The average Bonchev–Trinajstić information content (AvgIpc) is 2.83.